The molecule has 2 heterocycles. The summed E-state index contributed by atoms with van der Waals surface area (Å²) in [6.45, 7) is 8.79. The summed E-state index contributed by atoms with van der Waals surface area (Å²) in [5, 5.41) is 9.65. The lowest BCUT2D eigenvalue weighted by Crippen LogP contribution is -2.00. The number of nitrogens with zero attached hydrogens (tertiary/aromatic N) is 4. The van der Waals surface area contributed by atoms with Crippen LogP contribution in [0.3, 0.4) is 0 Å². The Bertz CT molecular complexity index is 820. The van der Waals surface area contributed by atoms with Crippen molar-refractivity contribution in [3.63, 3.8) is 0 Å². The van der Waals surface area contributed by atoms with E-state index < -0.39 is 0 Å². The second-order valence-corrected chi connectivity index (χ2v) is 6.67. The molecule has 0 radical (unpaired) electrons. The van der Waals surface area contributed by atoms with Crippen LogP contribution in [-0.4, -0.2) is 19.7 Å². The van der Waals surface area contributed by atoms with E-state index in [0.717, 1.165) is 22.3 Å². The van der Waals surface area contributed by atoms with Gasteiger partial charge in [-0.15, -0.1) is 16.8 Å². The van der Waals surface area contributed by atoms with Crippen LogP contribution in [0.15, 0.2) is 60.5 Å². The second-order valence-electron chi connectivity index (χ2n) is 5.73. The van der Waals surface area contributed by atoms with E-state index in [-0.39, 0.29) is 0 Å². The fourth-order valence-corrected chi connectivity index (χ4v) is 3.58. The molecule has 3 rings (SSSR count). The first-order valence-corrected chi connectivity index (χ1v) is 8.80. The van der Waals surface area contributed by atoms with Gasteiger partial charge < -0.3 is 0 Å². The van der Waals surface area contributed by atoms with Crippen molar-refractivity contribution in [2.24, 2.45) is 0 Å². The van der Waals surface area contributed by atoms with Crippen molar-refractivity contribution >= 4 is 11.8 Å². The Morgan fingerprint density at radius 3 is 2.46 bits per heavy atom. The third kappa shape index (κ3) is 3.74. The van der Waals surface area contributed by atoms with Crippen molar-refractivity contribution in [3.05, 3.63) is 72.1 Å². The van der Waals surface area contributed by atoms with Gasteiger partial charge in [-0.2, -0.15) is 0 Å². The summed E-state index contributed by atoms with van der Waals surface area (Å²) in [6, 6.07) is 10.5. The van der Waals surface area contributed by atoms with E-state index in [4.69, 9.17) is 0 Å². The molecule has 0 fully saturated rings. The fraction of sp³-hybridized carbons (Fsp3) is 0.211. The molecule has 0 aliphatic rings. The lowest BCUT2D eigenvalue weighted by atomic mass is 10.1. The normalized spacial score (nSPS) is 10.8. The van der Waals surface area contributed by atoms with Gasteiger partial charge >= 0.3 is 0 Å². The lowest BCUT2D eigenvalue weighted by molar-refractivity contribution is 0.731. The standard InChI is InChI=1S/C19H20N4S/c1-4-9-23-18(17-5-7-20-8-6-17)21-22-19(23)24-13-16-11-14(2)10-15(3)12-16/h4-8,10-12H,1,9,13H2,2-3H3. The summed E-state index contributed by atoms with van der Waals surface area (Å²) in [5.74, 6) is 1.72. The van der Waals surface area contributed by atoms with Crippen LogP contribution < -0.4 is 0 Å². The summed E-state index contributed by atoms with van der Waals surface area (Å²) in [5.41, 5.74) is 4.89. The molecule has 5 heteroatoms. The number of aromatic nitrogens is 4. The molecule has 0 aliphatic heterocycles. The van der Waals surface area contributed by atoms with Gasteiger partial charge in [-0.1, -0.05) is 47.2 Å². The first-order valence-electron chi connectivity index (χ1n) is 7.82. The number of rotatable bonds is 6. The summed E-state index contributed by atoms with van der Waals surface area (Å²) in [4.78, 5) is 4.06. The SMILES string of the molecule is C=CCn1c(SCc2cc(C)cc(C)c2)nnc1-c1ccncc1. The summed E-state index contributed by atoms with van der Waals surface area (Å²) in [7, 11) is 0. The quantitative estimate of drug-likeness (QED) is 0.493. The van der Waals surface area contributed by atoms with E-state index in [2.05, 4.69) is 58.4 Å². The Balaban J connectivity index is 1.85. The van der Waals surface area contributed by atoms with Gasteiger partial charge in [0.15, 0.2) is 11.0 Å². The Hall–Kier alpha value is -2.40. The molecule has 0 atom stereocenters. The minimum atomic E-state index is 0.680. The molecule has 0 unspecified atom stereocenters. The lowest BCUT2D eigenvalue weighted by Gasteiger charge is -2.08. The van der Waals surface area contributed by atoms with E-state index in [1.165, 1.54) is 16.7 Å². The highest BCUT2D eigenvalue weighted by Crippen LogP contribution is 2.26. The molecule has 2 aromatic heterocycles. The van der Waals surface area contributed by atoms with E-state index in [1.807, 2.05) is 18.2 Å². The van der Waals surface area contributed by atoms with Gasteiger partial charge in [-0.05, 0) is 31.5 Å². The van der Waals surface area contributed by atoms with Gasteiger partial charge in [0, 0.05) is 30.3 Å². The third-order valence-electron chi connectivity index (χ3n) is 3.62. The summed E-state index contributed by atoms with van der Waals surface area (Å²) >= 11 is 1.70. The number of hydrogen-bond donors (Lipinski definition) is 0. The smallest absolute Gasteiger partial charge is 0.192 e. The van der Waals surface area contributed by atoms with Crippen molar-refractivity contribution in [1.82, 2.24) is 19.7 Å². The predicted octanol–water partition coefficient (Wildman–Crippen LogP) is 4.44. The number of allylic oxidation sites excluding steroid dienone is 1. The molecule has 0 amide bonds. The maximum Gasteiger partial charge on any atom is 0.192 e. The topological polar surface area (TPSA) is 43.6 Å². The molecule has 24 heavy (non-hydrogen) atoms. The zero-order valence-electron chi connectivity index (χ0n) is 13.9. The number of benzene rings is 1. The molecule has 122 valence electrons. The minimum Gasteiger partial charge on any atom is -0.298 e. The molecule has 0 spiro atoms. The van der Waals surface area contributed by atoms with E-state index in [0.29, 0.717) is 6.54 Å². The van der Waals surface area contributed by atoms with Gasteiger partial charge in [0.05, 0.1) is 0 Å². The van der Waals surface area contributed by atoms with E-state index >= 15 is 0 Å². The maximum atomic E-state index is 4.38. The highest BCUT2D eigenvalue weighted by Gasteiger charge is 2.13. The van der Waals surface area contributed by atoms with Crippen LogP contribution in [0.25, 0.3) is 11.4 Å². The van der Waals surface area contributed by atoms with Gasteiger partial charge in [0.25, 0.3) is 0 Å². The highest BCUT2D eigenvalue weighted by molar-refractivity contribution is 7.98. The Labute approximate surface area is 146 Å². The van der Waals surface area contributed by atoms with Crippen LogP contribution >= 0.6 is 11.8 Å². The van der Waals surface area contributed by atoms with Crippen LogP contribution in [0.1, 0.15) is 16.7 Å². The first-order chi connectivity index (χ1) is 11.7. The van der Waals surface area contributed by atoms with Crippen LogP contribution in [0.4, 0.5) is 0 Å². The highest BCUT2D eigenvalue weighted by atomic mass is 32.2. The molecule has 0 bridgehead atoms. The minimum absolute atomic E-state index is 0.680. The van der Waals surface area contributed by atoms with Gasteiger partial charge in [-0.25, -0.2) is 0 Å². The molecular weight excluding hydrogens is 316 g/mol. The number of pyridine rings is 1. The van der Waals surface area contributed by atoms with Gasteiger partial charge in [-0.3, -0.25) is 9.55 Å². The molecule has 0 saturated carbocycles. The van der Waals surface area contributed by atoms with Crippen molar-refractivity contribution < 1.29 is 0 Å². The first kappa shape index (κ1) is 16.5. The number of thioether (sulfide) groups is 1. The maximum absolute atomic E-state index is 4.38. The summed E-state index contributed by atoms with van der Waals surface area (Å²) < 4.78 is 2.09. The predicted molar refractivity (Wildman–Crippen MR) is 98.9 cm³/mol. The molecule has 3 aromatic rings. The van der Waals surface area contributed by atoms with Gasteiger partial charge in [0.2, 0.25) is 0 Å². The monoisotopic (exact) mass is 336 g/mol. The van der Waals surface area contributed by atoms with Crippen molar-refractivity contribution in [2.45, 2.75) is 31.3 Å². The van der Waals surface area contributed by atoms with Crippen molar-refractivity contribution in [2.75, 3.05) is 0 Å². The zero-order valence-corrected chi connectivity index (χ0v) is 14.8. The van der Waals surface area contributed by atoms with Crippen molar-refractivity contribution in [1.29, 1.82) is 0 Å². The van der Waals surface area contributed by atoms with Gasteiger partial charge in [0.1, 0.15) is 0 Å². The molecule has 4 nitrogen and oxygen atoms in total. The van der Waals surface area contributed by atoms with E-state index in [1.54, 1.807) is 24.2 Å². The third-order valence-corrected chi connectivity index (χ3v) is 4.65. The van der Waals surface area contributed by atoms with Crippen LogP contribution in [0.2, 0.25) is 0 Å². The number of aryl methyl sites for hydroxylation is 2. The Kier molecular flexibility index (Phi) is 5.11. The van der Waals surface area contributed by atoms with Crippen LogP contribution in [-0.2, 0) is 12.3 Å². The average Bonchev–Trinajstić information content (AvgIpc) is 2.96. The average molecular weight is 336 g/mol. The fourth-order valence-electron chi connectivity index (χ4n) is 2.70. The molecule has 0 saturated heterocycles. The van der Waals surface area contributed by atoms with Crippen molar-refractivity contribution in [3.8, 4) is 11.4 Å². The second kappa shape index (κ2) is 7.45. The zero-order chi connectivity index (χ0) is 16.9. The molecule has 0 aliphatic carbocycles. The molecule has 0 N–H and O–H groups in total. The molecular formula is C19H20N4S. The number of hydrogen-bond acceptors (Lipinski definition) is 4. The Morgan fingerprint density at radius 2 is 1.79 bits per heavy atom. The summed E-state index contributed by atoms with van der Waals surface area (Å²) in [6.07, 6.45) is 5.41. The van der Waals surface area contributed by atoms with E-state index in [9.17, 15) is 0 Å². The largest absolute Gasteiger partial charge is 0.298 e. The molecule has 1 aromatic carbocycles. The van der Waals surface area contributed by atoms with Crippen LogP contribution in [0, 0.1) is 13.8 Å². The van der Waals surface area contributed by atoms with Crippen LogP contribution in [0.5, 0.6) is 0 Å². The Morgan fingerprint density at radius 1 is 1.08 bits per heavy atom.